The van der Waals surface area contributed by atoms with Crippen LogP contribution < -0.4 is 5.32 Å². The monoisotopic (exact) mass is 451 g/mol. The fourth-order valence-electron chi connectivity index (χ4n) is 3.74. The molecule has 2 heterocycles. The summed E-state index contributed by atoms with van der Waals surface area (Å²) in [6.07, 6.45) is 6.00. The molecule has 1 aliphatic heterocycles. The number of halogens is 1. The summed E-state index contributed by atoms with van der Waals surface area (Å²) in [5, 5.41) is 2.90. The van der Waals surface area contributed by atoms with Gasteiger partial charge in [-0.25, -0.2) is 0 Å². The number of nitrogens with zero attached hydrogens (tertiary/aromatic N) is 2. The molecule has 1 aromatic heterocycles. The Morgan fingerprint density at radius 1 is 0.862 bits per heavy atom. The van der Waals surface area contributed by atoms with Gasteiger partial charge in [0.15, 0.2) is 0 Å². The van der Waals surface area contributed by atoms with Crippen molar-refractivity contribution in [3.8, 4) is 0 Å². The van der Waals surface area contributed by atoms with E-state index in [9.17, 15) is 9.59 Å². The van der Waals surface area contributed by atoms with Gasteiger partial charge in [0.25, 0.3) is 11.8 Å². The molecule has 148 valence electrons. The molecule has 0 atom stereocenters. The van der Waals surface area contributed by atoms with Crippen LogP contribution in [0.2, 0.25) is 0 Å². The fourth-order valence-corrected chi connectivity index (χ4v) is 4.21. The number of carbonyl (C=O) groups is 2. The number of benzene rings is 2. The van der Waals surface area contributed by atoms with Crippen LogP contribution in [0.3, 0.4) is 0 Å². The predicted molar refractivity (Wildman–Crippen MR) is 117 cm³/mol. The Kier molecular flexibility index (Phi) is 5.81. The van der Waals surface area contributed by atoms with Gasteiger partial charge in [0.1, 0.15) is 0 Å². The minimum atomic E-state index is -0.246. The van der Waals surface area contributed by atoms with E-state index in [0.29, 0.717) is 40.4 Å². The molecule has 2 amide bonds. The molecule has 5 nitrogen and oxygen atoms in total. The number of nitrogens with one attached hydrogen (secondary N) is 1. The number of carbonyl (C=O) groups excluding carboxylic acids is 2. The predicted octanol–water partition coefficient (Wildman–Crippen LogP) is 4.98. The first-order valence-corrected chi connectivity index (χ1v) is 10.5. The summed E-state index contributed by atoms with van der Waals surface area (Å²) in [6.45, 7) is 1.41. The first-order chi connectivity index (χ1) is 14.1. The number of amides is 2. The van der Waals surface area contributed by atoms with Crippen molar-refractivity contribution in [1.29, 1.82) is 0 Å². The zero-order valence-corrected chi connectivity index (χ0v) is 17.5. The average molecular weight is 452 g/mol. The molecular formula is C23H22BrN3O2. The first kappa shape index (κ1) is 19.5. The number of hydrogen-bond acceptors (Lipinski definition) is 2. The maximum atomic E-state index is 13.2. The molecule has 0 spiro atoms. The summed E-state index contributed by atoms with van der Waals surface area (Å²) in [5.74, 6) is -0.289. The van der Waals surface area contributed by atoms with E-state index in [1.54, 1.807) is 18.2 Å². The van der Waals surface area contributed by atoms with Gasteiger partial charge in [0.05, 0.1) is 16.8 Å². The van der Waals surface area contributed by atoms with Crippen LogP contribution in [0.25, 0.3) is 0 Å². The van der Waals surface area contributed by atoms with Crippen LogP contribution >= 0.6 is 15.9 Å². The van der Waals surface area contributed by atoms with Crippen LogP contribution in [0, 0.1) is 0 Å². The lowest BCUT2D eigenvalue weighted by Crippen LogP contribution is -2.39. The summed E-state index contributed by atoms with van der Waals surface area (Å²) in [6, 6.07) is 18.9. The number of aromatic nitrogens is 1. The maximum absolute atomic E-state index is 13.2. The molecule has 0 unspecified atom stereocenters. The van der Waals surface area contributed by atoms with Crippen molar-refractivity contribution in [1.82, 2.24) is 9.47 Å². The van der Waals surface area contributed by atoms with E-state index < -0.39 is 0 Å². The average Bonchev–Trinajstić information content (AvgIpc) is 3.29. The van der Waals surface area contributed by atoms with E-state index in [4.69, 9.17) is 0 Å². The van der Waals surface area contributed by atoms with Crippen molar-refractivity contribution in [3.63, 3.8) is 0 Å². The number of piperidine rings is 1. The van der Waals surface area contributed by atoms with Crippen LogP contribution in [-0.4, -0.2) is 34.4 Å². The molecule has 6 heteroatoms. The molecule has 0 aliphatic carbocycles. The van der Waals surface area contributed by atoms with E-state index in [1.807, 2.05) is 47.4 Å². The Bertz CT molecular complexity index is 1010. The molecule has 0 radical (unpaired) electrons. The Labute approximate surface area is 178 Å². The molecule has 1 aliphatic rings. The number of para-hydroxylation sites is 1. The highest BCUT2D eigenvalue weighted by Crippen LogP contribution is 2.26. The molecule has 2 aromatic carbocycles. The second kappa shape index (κ2) is 8.66. The van der Waals surface area contributed by atoms with Gasteiger partial charge in [-0.1, -0.05) is 24.3 Å². The first-order valence-electron chi connectivity index (χ1n) is 9.70. The summed E-state index contributed by atoms with van der Waals surface area (Å²) < 4.78 is 2.93. The summed E-state index contributed by atoms with van der Waals surface area (Å²) in [7, 11) is 0. The Morgan fingerprint density at radius 3 is 2.17 bits per heavy atom. The van der Waals surface area contributed by atoms with Crippen molar-refractivity contribution < 1.29 is 9.59 Å². The van der Waals surface area contributed by atoms with Gasteiger partial charge in [-0.05, 0) is 65.2 Å². The minimum Gasteiger partial charge on any atom is -0.351 e. The van der Waals surface area contributed by atoms with Crippen LogP contribution in [0.1, 0.15) is 39.6 Å². The van der Waals surface area contributed by atoms with Gasteiger partial charge in [0.2, 0.25) is 0 Å². The summed E-state index contributed by atoms with van der Waals surface area (Å²) in [4.78, 5) is 27.7. The van der Waals surface area contributed by atoms with Gasteiger partial charge >= 0.3 is 0 Å². The van der Waals surface area contributed by atoms with Gasteiger partial charge in [-0.2, -0.15) is 0 Å². The number of anilines is 1. The van der Waals surface area contributed by atoms with E-state index in [2.05, 4.69) is 38.2 Å². The zero-order valence-electron chi connectivity index (χ0n) is 15.9. The van der Waals surface area contributed by atoms with Crippen molar-refractivity contribution in [2.45, 2.75) is 18.9 Å². The third kappa shape index (κ3) is 4.27. The van der Waals surface area contributed by atoms with Crippen molar-refractivity contribution in [3.05, 3.63) is 88.7 Å². The van der Waals surface area contributed by atoms with Crippen LogP contribution in [0.5, 0.6) is 0 Å². The second-order valence-corrected chi connectivity index (χ2v) is 7.99. The smallest absolute Gasteiger partial charge is 0.256 e. The SMILES string of the molecule is O=C(Nc1ccccc1C(=O)N1CCC(n2cccc2)CC1)c1ccccc1Br. The molecule has 3 aromatic rings. The van der Waals surface area contributed by atoms with Gasteiger partial charge < -0.3 is 14.8 Å². The Morgan fingerprint density at radius 2 is 1.48 bits per heavy atom. The number of rotatable bonds is 4. The fraction of sp³-hybridized carbons (Fsp3) is 0.217. The summed E-state index contributed by atoms with van der Waals surface area (Å²) in [5.41, 5.74) is 1.58. The van der Waals surface area contributed by atoms with Crippen molar-refractivity contribution >= 4 is 33.4 Å². The van der Waals surface area contributed by atoms with Crippen LogP contribution in [0.4, 0.5) is 5.69 Å². The standard InChI is InChI=1S/C23H22BrN3O2/c24-20-9-3-1-7-18(20)22(28)25-21-10-4-2-8-19(21)23(29)27-15-11-17(12-16-27)26-13-5-6-14-26/h1-10,13-14,17H,11-12,15-16H2,(H,25,28). The van der Waals surface area contributed by atoms with E-state index in [-0.39, 0.29) is 11.8 Å². The van der Waals surface area contributed by atoms with Gasteiger partial charge in [-0.15, -0.1) is 0 Å². The number of hydrogen-bond donors (Lipinski definition) is 1. The molecule has 0 saturated carbocycles. The van der Waals surface area contributed by atoms with Crippen LogP contribution in [-0.2, 0) is 0 Å². The lowest BCUT2D eigenvalue weighted by atomic mass is 10.0. The molecule has 1 fully saturated rings. The Balaban J connectivity index is 1.47. The van der Waals surface area contributed by atoms with E-state index in [1.165, 1.54) is 0 Å². The topological polar surface area (TPSA) is 54.3 Å². The lowest BCUT2D eigenvalue weighted by Gasteiger charge is -2.33. The molecule has 1 N–H and O–H groups in total. The highest BCUT2D eigenvalue weighted by Gasteiger charge is 2.26. The van der Waals surface area contributed by atoms with Gasteiger partial charge in [0, 0.05) is 36.0 Å². The Hall–Kier alpha value is -2.86. The molecular weight excluding hydrogens is 430 g/mol. The third-order valence-electron chi connectivity index (χ3n) is 5.32. The number of likely N-dealkylation sites (tertiary alicyclic amines) is 1. The minimum absolute atomic E-state index is 0.0426. The third-order valence-corrected chi connectivity index (χ3v) is 6.02. The quantitative estimate of drug-likeness (QED) is 0.607. The van der Waals surface area contributed by atoms with Crippen LogP contribution in [0.15, 0.2) is 77.5 Å². The molecule has 0 bridgehead atoms. The van der Waals surface area contributed by atoms with Crippen molar-refractivity contribution in [2.24, 2.45) is 0 Å². The van der Waals surface area contributed by atoms with Crippen molar-refractivity contribution in [2.75, 3.05) is 18.4 Å². The summed E-state index contributed by atoms with van der Waals surface area (Å²) >= 11 is 3.40. The normalized spacial score (nSPS) is 14.6. The highest BCUT2D eigenvalue weighted by molar-refractivity contribution is 9.10. The van der Waals surface area contributed by atoms with E-state index in [0.717, 1.165) is 12.8 Å². The highest BCUT2D eigenvalue weighted by atomic mass is 79.9. The second-order valence-electron chi connectivity index (χ2n) is 7.13. The molecule has 1 saturated heterocycles. The molecule has 4 rings (SSSR count). The van der Waals surface area contributed by atoms with E-state index >= 15 is 0 Å². The lowest BCUT2D eigenvalue weighted by molar-refractivity contribution is 0.0696. The largest absolute Gasteiger partial charge is 0.351 e. The van der Waals surface area contributed by atoms with Gasteiger partial charge in [-0.3, -0.25) is 9.59 Å². The molecule has 29 heavy (non-hydrogen) atoms. The zero-order chi connectivity index (χ0) is 20.2. The maximum Gasteiger partial charge on any atom is 0.256 e.